The highest BCUT2D eigenvalue weighted by Gasteiger charge is 2.39. The highest BCUT2D eigenvalue weighted by molar-refractivity contribution is 5.85. The van der Waals surface area contributed by atoms with Crippen molar-refractivity contribution in [2.24, 2.45) is 11.7 Å². The molecule has 3 fully saturated rings. The number of piperazine rings is 1. The van der Waals surface area contributed by atoms with Gasteiger partial charge in [0.1, 0.15) is 6.04 Å². The van der Waals surface area contributed by atoms with Crippen LogP contribution in [0.5, 0.6) is 0 Å². The minimum absolute atomic E-state index is 0.0936. The molecule has 0 aromatic heterocycles. The van der Waals surface area contributed by atoms with Crippen LogP contribution in [0.25, 0.3) is 0 Å². The van der Waals surface area contributed by atoms with E-state index in [1.54, 1.807) is 0 Å². The fourth-order valence-electron chi connectivity index (χ4n) is 5.21. The number of aliphatic carboxylic acids is 2. The topological polar surface area (TPSA) is 181 Å². The molecule has 1 saturated carbocycles. The molecule has 9 N–H and O–H groups in total. The summed E-state index contributed by atoms with van der Waals surface area (Å²) in [4.78, 5) is 37.0. The third-order valence-electron chi connectivity index (χ3n) is 7.09. The molecule has 0 aromatic rings. The minimum Gasteiger partial charge on any atom is -0.481 e. The maximum atomic E-state index is 12.6. The molecule has 0 bridgehead atoms. The zero-order valence-electron chi connectivity index (χ0n) is 19.4. The molecular formula is C21H39N7O5. The lowest BCUT2D eigenvalue weighted by Gasteiger charge is -2.48. The van der Waals surface area contributed by atoms with E-state index in [1.807, 2.05) is 6.92 Å². The monoisotopic (exact) mass is 469 g/mol. The Bertz CT molecular complexity index is 702. The first-order chi connectivity index (χ1) is 15.6. The Balaban J connectivity index is 1.42. The Labute approximate surface area is 194 Å². The van der Waals surface area contributed by atoms with Crippen molar-refractivity contribution in [3.05, 3.63) is 0 Å². The van der Waals surface area contributed by atoms with E-state index in [0.29, 0.717) is 18.9 Å². The van der Waals surface area contributed by atoms with E-state index in [2.05, 4.69) is 38.5 Å². The van der Waals surface area contributed by atoms with Gasteiger partial charge in [-0.25, -0.2) is 4.79 Å². The molecule has 2 saturated heterocycles. The molecule has 3 aliphatic rings. The van der Waals surface area contributed by atoms with Crippen LogP contribution in [0.2, 0.25) is 0 Å². The number of nitrogens with one attached hydrogen (secondary N) is 5. The Morgan fingerprint density at radius 1 is 1.12 bits per heavy atom. The van der Waals surface area contributed by atoms with Gasteiger partial charge < -0.3 is 31.5 Å². The number of nitrogens with two attached hydrogens (primary N) is 1. The van der Waals surface area contributed by atoms with Crippen molar-refractivity contribution >= 4 is 17.8 Å². The molecule has 12 nitrogen and oxygen atoms in total. The van der Waals surface area contributed by atoms with Crippen LogP contribution >= 0.6 is 0 Å². The van der Waals surface area contributed by atoms with Crippen molar-refractivity contribution in [3.8, 4) is 0 Å². The Morgan fingerprint density at radius 2 is 1.82 bits per heavy atom. The summed E-state index contributed by atoms with van der Waals surface area (Å²) in [6.07, 6.45) is 2.82. The number of hydrogen-bond donors (Lipinski definition) is 8. The molecular weight excluding hydrogens is 430 g/mol. The number of carbonyl (C=O) groups excluding carboxylic acids is 1. The number of fused-ring (bicyclic) bond motifs is 1. The van der Waals surface area contributed by atoms with Crippen molar-refractivity contribution in [2.45, 2.75) is 88.1 Å². The van der Waals surface area contributed by atoms with E-state index in [9.17, 15) is 19.5 Å². The maximum absolute atomic E-state index is 12.6. The smallest absolute Gasteiger partial charge is 0.326 e. The fraction of sp³-hybridized carbons (Fsp3) is 0.857. The highest BCUT2D eigenvalue weighted by atomic mass is 16.4. The molecule has 0 radical (unpaired) electrons. The SMILES string of the molecule is CC1NC(N)C2NC(CN(C)C3CCC(C(=O)NC(CCC(=O)O)C(=O)O)CC3)CNC2N1. The molecule has 0 aromatic carbocycles. The molecule has 2 aliphatic heterocycles. The number of carbonyl (C=O) groups is 3. The first-order valence-electron chi connectivity index (χ1n) is 11.9. The summed E-state index contributed by atoms with van der Waals surface area (Å²) in [5, 5.41) is 34.5. The number of nitrogens with zero attached hydrogens (tertiary/aromatic N) is 1. The largest absolute Gasteiger partial charge is 0.481 e. The van der Waals surface area contributed by atoms with Gasteiger partial charge in [0.25, 0.3) is 0 Å². The Hall–Kier alpha value is -1.83. The van der Waals surface area contributed by atoms with E-state index in [-0.39, 0.29) is 55.2 Å². The molecule has 6 atom stereocenters. The lowest BCUT2D eigenvalue weighted by molar-refractivity contribution is -0.144. The molecule has 2 heterocycles. The van der Waals surface area contributed by atoms with Crippen molar-refractivity contribution in [1.82, 2.24) is 31.5 Å². The molecule has 1 aliphatic carbocycles. The van der Waals surface area contributed by atoms with Gasteiger partial charge in [-0.15, -0.1) is 0 Å². The van der Waals surface area contributed by atoms with Crippen molar-refractivity contribution < 1.29 is 24.6 Å². The second-order valence-electron chi connectivity index (χ2n) is 9.63. The molecule has 188 valence electrons. The molecule has 33 heavy (non-hydrogen) atoms. The average Bonchev–Trinajstić information content (AvgIpc) is 2.76. The van der Waals surface area contributed by atoms with Crippen molar-refractivity contribution in [1.29, 1.82) is 0 Å². The quantitative estimate of drug-likeness (QED) is 0.187. The van der Waals surface area contributed by atoms with Gasteiger partial charge in [-0.3, -0.25) is 25.5 Å². The second-order valence-corrected chi connectivity index (χ2v) is 9.63. The van der Waals surface area contributed by atoms with Crippen LogP contribution in [0.4, 0.5) is 0 Å². The summed E-state index contributed by atoms with van der Waals surface area (Å²) in [5.41, 5.74) is 6.28. The lowest BCUT2D eigenvalue weighted by atomic mass is 9.84. The van der Waals surface area contributed by atoms with Gasteiger partial charge in [0.15, 0.2) is 0 Å². The number of amides is 1. The Kier molecular flexibility index (Phi) is 9.02. The second kappa shape index (κ2) is 11.5. The summed E-state index contributed by atoms with van der Waals surface area (Å²) in [6.45, 7) is 3.74. The van der Waals surface area contributed by atoms with Crippen LogP contribution in [0.1, 0.15) is 45.4 Å². The number of carboxylic acid groups (broad SMARTS) is 2. The van der Waals surface area contributed by atoms with Crippen LogP contribution in [0, 0.1) is 5.92 Å². The summed E-state index contributed by atoms with van der Waals surface area (Å²) >= 11 is 0. The number of likely N-dealkylation sites (N-methyl/N-ethyl adjacent to an activating group) is 1. The minimum atomic E-state index is -1.20. The van der Waals surface area contributed by atoms with E-state index < -0.39 is 18.0 Å². The third-order valence-corrected chi connectivity index (χ3v) is 7.09. The summed E-state index contributed by atoms with van der Waals surface area (Å²) < 4.78 is 0. The van der Waals surface area contributed by atoms with Gasteiger partial charge in [0.2, 0.25) is 5.91 Å². The number of carboxylic acids is 2. The van der Waals surface area contributed by atoms with E-state index in [1.165, 1.54) is 0 Å². The van der Waals surface area contributed by atoms with Gasteiger partial charge in [-0.1, -0.05) is 0 Å². The zero-order chi connectivity index (χ0) is 24.1. The average molecular weight is 470 g/mol. The van der Waals surface area contributed by atoms with Gasteiger partial charge >= 0.3 is 11.9 Å². The fourth-order valence-corrected chi connectivity index (χ4v) is 5.21. The maximum Gasteiger partial charge on any atom is 0.326 e. The van der Waals surface area contributed by atoms with Crippen LogP contribution in [-0.4, -0.2) is 95.8 Å². The highest BCUT2D eigenvalue weighted by Crippen LogP contribution is 2.27. The van der Waals surface area contributed by atoms with Crippen LogP contribution in [0.15, 0.2) is 0 Å². The summed E-state index contributed by atoms with van der Waals surface area (Å²) in [7, 11) is 2.10. The molecule has 12 heteroatoms. The van der Waals surface area contributed by atoms with Crippen LogP contribution in [0.3, 0.4) is 0 Å². The number of hydrogen-bond acceptors (Lipinski definition) is 9. The Morgan fingerprint density at radius 3 is 2.45 bits per heavy atom. The molecule has 1 amide bonds. The lowest BCUT2D eigenvalue weighted by Crippen LogP contribution is -2.79. The summed E-state index contributed by atoms with van der Waals surface area (Å²) in [6, 6.07) is -0.463. The van der Waals surface area contributed by atoms with Crippen molar-refractivity contribution in [2.75, 3.05) is 20.1 Å². The van der Waals surface area contributed by atoms with Gasteiger partial charge in [-0.2, -0.15) is 0 Å². The van der Waals surface area contributed by atoms with Crippen LogP contribution < -0.4 is 32.3 Å². The van der Waals surface area contributed by atoms with Crippen LogP contribution in [-0.2, 0) is 14.4 Å². The van der Waals surface area contributed by atoms with E-state index >= 15 is 0 Å². The molecule has 6 unspecified atom stereocenters. The van der Waals surface area contributed by atoms with E-state index in [0.717, 1.165) is 25.9 Å². The van der Waals surface area contributed by atoms with Gasteiger partial charge in [-0.05, 0) is 46.1 Å². The van der Waals surface area contributed by atoms with E-state index in [4.69, 9.17) is 10.8 Å². The number of rotatable bonds is 9. The predicted octanol–water partition coefficient (Wildman–Crippen LogP) is -2.01. The predicted molar refractivity (Wildman–Crippen MR) is 121 cm³/mol. The van der Waals surface area contributed by atoms with Gasteiger partial charge in [0.05, 0.1) is 24.5 Å². The first kappa shape index (κ1) is 25.8. The third kappa shape index (κ3) is 7.08. The zero-order valence-corrected chi connectivity index (χ0v) is 19.4. The van der Waals surface area contributed by atoms with Gasteiger partial charge in [0, 0.05) is 37.5 Å². The summed E-state index contributed by atoms with van der Waals surface area (Å²) in [5.74, 6) is -2.81. The first-order valence-corrected chi connectivity index (χ1v) is 11.9. The molecule has 0 spiro atoms. The normalized spacial score (nSPS) is 35.5. The molecule has 3 rings (SSSR count). The standard InChI is InChI=1S/C21H39N7O5/c1-11-24-18(22)17-19(25-11)23-9-13(26-17)10-28(2)14-5-3-12(4-6-14)20(31)27-15(21(32)33)7-8-16(29)30/h11-15,17-19,23-26H,3-10,22H2,1-2H3,(H,27,31)(H,29,30)(H,32,33). The van der Waals surface area contributed by atoms with Crippen molar-refractivity contribution in [3.63, 3.8) is 0 Å².